The summed E-state index contributed by atoms with van der Waals surface area (Å²) in [6, 6.07) is 0. The number of rotatable bonds is 3. The molecule has 0 unspecified atom stereocenters. The summed E-state index contributed by atoms with van der Waals surface area (Å²) in [6.45, 7) is 2.06. The summed E-state index contributed by atoms with van der Waals surface area (Å²) in [7, 11) is 0. The average molecular weight is 182 g/mol. The topological polar surface area (TPSA) is 42.0 Å². The van der Waals surface area contributed by atoms with Crippen LogP contribution in [0.5, 0.6) is 0 Å². The van der Waals surface area contributed by atoms with E-state index in [0.717, 1.165) is 5.01 Å². The zero-order chi connectivity index (χ0) is 8.81. The molecule has 1 N–H and O–H groups in total. The molecule has 1 rings (SSSR count). The van der Waals surface area contributed by atoms with Gasteiger partial charge in [-0.2, -0.15) is 0 Å². The van der Waals surface area contributed by atoms with E-state index in [1.165, 1.54) is 6.92 Å². The van der Waals surface area contributed by atoms with Crippen molar-refractivity contribution in [3.05, 3.63) is 22.7 Å². The Morgan fingerprint density at radius 1 is 1.83 bits per heavy atom. The first-order valence-electron chi connectivity index (χ1n) is 3.59. The number of carbonyl (C=O) groups excluding carboxylic acids is 1. The van der Waals surface area contributed by atoms with Crippen LogP contribution >= 0.6 is 11.3 Å². The largest absolute Gasteiger partial charge is 0.353 e. The molecule has 0 saturated carbocycles. The van der Waals surface area contributed by atoms with Gasteiger partial charge in [-0.1, -0.05) is 6.08 Å². The molecule has 0 saturated heterocycles. The van der Waals surface area contributed by atoms with Gasteiger partial charge in [0.05, 0.1) is 0 Å². The molecule has 0 aliphatic carbocycles. The predicted molar refractivity (Wildman–Crippen MR) is 49.8 cm³/mol. The molecule has 4 heteroatoms. The lowest BCUT2D eigenvalue weighted by molar-refractivity contribution is -0.118. The second kappa shape index (κ2) is 4.66. The molecule has 1 amide bonds. The van der Waals surface area contributed by atoms with Gasteiger partial charge in [-0.15, -0.1) is 11.3 Å². The summed E-state index contributed by atoms with van der Waals surface area (Å²) in [4.78, 5) is 14.5. The van der Waals surface area contributed by atoms with Crippen LogP contribution in [0.3, 0.4) is 0 Å². The molecule has 0 fully saturated rings. The van der Waals surface area contributed by atoms with E-state index in [4.69, 9.17) is 0 Å². The van der Waals surface area contributed by atoms with Gasteiger partial charge in [0, 0.05) is 25.0 Å². The van der Waals surface area contributed by atoms with Crippen molar-refractivity contribution < 1.29 is 4.79 Å². The molecule has 3 nitrogen and oxygen atoms in total. The van der Waals surface area contributed by atoms with Gasteiger partial charge in [0.1, 0.15) is 5.01 Å². The first-order valence-corrected chi connectivity index (χ1v) is 4.47. The van der Waals surface area contributed by atoms with E-state index in [1.807, 2.05) is 17.5 Å². The third-order valence-corrected chi connectivity index (χ3v) is 1.92. The molecule has 0 radical (unpaired) electrons. The van der Waals surface area contributed by atoms with Gasteiger partial charge in [-0.05, 0) is 6.08 Å². The Morgan fingerprint density at radius 2 is 2.67 bits per heavy atom. The monoisotopic (exact) mass is 182 g/mol. The van der Waals surface area contributed by atoms with Gasteiger partial charge in [0.15, 0.2) is 0 Å². The lowest BCUT2D eigenvalue weighted by atomic mass is 10.5. The van der Waals surface area contributed by atoms with Crippen molar-refractivity contribution in [1.82, 2.24) is 10.3 Å². The molecule has 0 atom stereocenters. The summed E-state index contributed by atoms with van der Waals surface area (Å²) in [5.74, 6) is -0.0150. The van der Waals surface area contributed by atoms with Gasteiger partial charge in [0.25, 0.3) is 0 Å². The minimum Gasteiger partial charge on any atom is -0.353 e. The summed E-state index contributed by atoms with van der Waals surface area (Å²) in [5, 5.41) is 5.53. The third kappa shape index (κ3) is 3.30. The molecule has 0 bridgehead atoms. The first kappa shape index (κ1) is 8.93. The fourth-order valence-corrected chi connectivity index (χ4v) is 1.24. The van der Waals surface area contributed by atoms with Crippen molar-refractivity contribution in [2.75, 3.05) is 6.54 Å². The van der Waals surface area contributed by atoms with Crippen LogP contribution in [-0.4, -0.2) is 17.4 Å². The number of amides is 1. The maximum atomic E-state index is 10.4. The van der Waals surface area contributed by atoms with E-state index in [1.54, 1.807) is 17.5 Å². The number of hydrogen-bond donors (Lipinski definition) is 1. The Bertz CT molecular complexity index is 267. The zero-order valence-electron chi connectivity index (χ0n) is 6.78. The molecule has 1 heterocycles. The lowest BCUT2D eigenvalue weighted by Gasteiger charge is -1.92. The third-order valence-electron chi connectivity index (χ3n) is 1.18. The number of aromatic nitrogens is 1. The van der Waals surface area contributed by atoms with Crippen LogP contribution in [0.25, 0.3) is 6.08 Å². The molecule has 0 aliphatic rings. The summed E-state index contributed by atoms with van der Waals surface area (Å²) in [5.41, 5.74) is 0. The van der Waals surface area contributed by atoms with Crippen molar-refractivity contribution in [2.24, 2.45) is 0 Å². The van der Waals surface area contributed by atoms with E-state index in [2.05, 4.69) is 10.3 Å². The molecule has 0 spiro atoms. The molecule has 1 aromatic heterocycles. The fourth-order valence-electron chi connectivity index (χ4n) is 0.679. The Hall–Kier alpha value is -1.16. The number of thiazole rings is 1. The second-order valence-electron chi connectivity index (χ2n) is 2.21. The number of hydrogen-bond acceptors (Lipinski definition) is 3. The standard InChI is InChI=1S/C8H10N2OS/c1-7(11)9-4-2-3-8-10-5-6-12-8/h2-3,5-6H,4H2,1H3,(H,9,11). The quantitative estimate of drug-likeness (QED) is 0.765. The van der Waals surface area contributed by atoms with Crippen molar-refractivity contribution >= 4 is 23.3 Å². The van der Waals surface area contributed by atoms with Gasteiger partial charge in [-0.3, -0.25) is 4.79 Å². The van der Waals surface area contributed by atoms with E-state index in [-0.39, 0.29) is 5.91 Å². The van der Waals surface area contributed by atoms with Crippen LogP contribution in [0.2, 0.25) is 0 Å². The first-order chi connectivity index (χ1) is 5.79. The fraction of sp³-hybridized carbons (Fsp3) is 0.250. The molecule has 1 aromatic rings. The van der Waals surface area contributed by atoms with Crippen molar-refractivity contribution in [3.8, 4) is 0 Å². The highest BCUT2D eigenvalue weighted by atomic mass is 32.1. The van der Waals surface area contributed by atoms with E-state index < -0.39 is 0 Å². The highest BCUT2D eigenvalue weighted by molar-refractivity contribution is 7.10. The average Bonchev–Trinajstić information content (AvgIpc) is 2.49. The zero-order valence-corrected chi connectivity index (χ0v) is 7.60. The SMILES string of the molecule is CC(=O)NCC=Cc1nccs1. The Balaban J connectivity index is 2.27. The van der Waals surface area contributed by atoms with Crippen LogP contribution in [0.15, 0.2) is 17.7 Å². The smallest absolute Gasteiger partial charge is 0.217 e. The lowest BCUT2D eigenvalue weighted by Crippen LogP contribution is -2.19. The minimum absolute atomic E-state index is 0.0150. The Labute approximate surface area is 75.1 Å². The van der Waals surface area contributed by atoms with Crippen molar-refractivity contribution in [2.45, 2.75) is 6.92 Å². The van der Waals surface area contributed by atoms with Crippen LogP contribution in [0.1, 0.15) is 11.9 Å². The number of nitrogens with zero attached hydrogens (tertiary/aromatic N) is 1. The van der Waals surface area contributed by atoms with E-state index in [0.29, 0.717) is 6.54 Å². The summed E-state index contributed by atoms with van der Waals surface area (Å²) < 4.78 is 0. The molecule has 12 heavy (non-hydrogen) atoms. The molecule has 0 aliphatic heterocycles. The highest BCUT2D eigenvalue weighted by Gasteiger charge is 1.87. The number of carbonyl (C=O) groups is 1. The molecule has 64 valence electrons. The van der Waals surface area contributed by atoms with Crippen LogP contribution < -0.4 is 5.32 Å². The van der Waals surface area contributed by atoms with Gasteiger partial charge in [-0.25, -0.2) is 4.98 Å². The van der Waals surface area contributed by atoms with Gasteiger partial charge >= 0.3 is 0 Å². The second-order valence-corrected chi connectivity index (χ2v) is 3.14. The van der Waals surface area contributed by atoms with Crippen LogP contribution in [-0.2, 0) is 4.79 Å². The highest BCUT2D eigenvalue weighted by Crippen LogP contribution is 2.04. The van der Waals surface area contributed by atoms with E-state index >= 15 is 0 Å². The Kier molecular flexibility index (Phi) is 3.47. The summed E-state index contributed by atoms with van der Waals surface area (Å²) in [6.07, 6.45) is 5.52. The summed E-state index contributed by atoms with van der Waals surface area (Å²) >= 11 is 1.57. The van der Waals surface area contributed by atoms with Crippen molar-refractivity contribution in [3.63, 3.8) is 0 Å². The molecular weight excluding hydrogens is 172 g/mol. The molecular formula is C8H10N2OS. The van der Waals surface area contributed by atoms with Crippen LogP contribution in [0.4, 0.5) is 0 Å². The Morgan fingerprint density at radius 3 is 3.25 bits per heavy atom. The van der Waals surface area contributed by atoms with Gasteiger partial charge < -0.3 is 5.32 Å². The van der Waals surface area contributed by atoms with Gasteiger partial charge in [0.2, 0.25) is 5.91 Å². The normalized spacial score (nSPS) is 10.4. The van der Waals surface area contributed by atoms with Crippen LogP contribution in [0, 0.1) is 0 Å². The van der Waals surface area contributed by atoms with E-state index in [9.17, 15) is 4.79 Å². The maximum Gasteiger partial charge on any atom is 0.217 e. The predicted octanol–water partition coefficient (Wildman–Crippen LogP) is 1.29. The maximum absolute atomic E-state index is 10.4. The minimum atomic E-state index is -0.0150. The number of nitrogens with one attached hydrogen (secondary N) is 1. The molecule has 0 aromatic carbocycles. The van der Waals surface area contributed by atoms with Crippen molar-refractivity contribution in [1.29, 1.82) is 0 Å².